The highest BCUT2D eigenvalue weighted by Gasteiger charge is 2.56. The van der Waals surface area contributed by atoms with E-state index in [1.54, 1.807) is 31.4 Å². The molecule has 3 fully saturated rings. The highest BCUT2D eigenvalue weighted by molar-refractivity contribution is 5.73. The summed E-state index contributed by atoms with van der Waals surface area (Å²) in [6.07, 6.45) is -16.1. The molecule has 0 bridgehead atoms. The quantitative estimate of drug-likeness (QED) is 0.0265. The normalized spacial score (nSPS) is 28.3. The number of nitrogens with one attached hydrogen (secondary N) is 1. The first-order valence-corrected chi connectivity index (χ1v) is 27.1. The molecule has 6 aromatic rings. The molecular formula is C62H70N4O15. The molecule has 0 saturated carbocycles. The van der Waals surface area contributed by atoms with E-state index in [0.29, 0.717) is 11.5 Å². The van der Waals surface area contributed by atoms with Crippen LogP contribution in [0, 0.1) is 0 Å². The lowest BCUT2D eigenvalue weighted by atomic mass is 9.93. The summed E-state index contributed by atoms with van der Waals surface area (Å²) in [4.78, 5) is 16.6. The van der Waals surface area contributed by atoms with Crippen LogP contribution in [0.25, 0.3) is 10.4 Å². The molecule has 19 heteroatoms. The van der Waals surface area contributed by atoms with Crippen molar-refractivity contribution in [2.24, 2.45) is 5.11 Å². The highest BCUT2D eigenvalue weighted by atomic mass is 16.8. The van der Waals surface area contributed by atoms with Crippen LogP contribution in [0.2, 0.25) is 0 Å². The minimum atomic E-state index is -1.81. The number of benzene rings is 6. The number of aliphatic hydroxyl groups is 2. The van der Waals surface area contributed by atoms with Gasteiger partial charge in [0.15, 0.2) is 12.6 Å². The van der Waals surface area contributed by atoms with Gasteiger partial charge in [0.2, 0.25) is 12.2 Å². The van der Waals surface area contributed by atoms with Gasteiger partial charge in [-0.1, -0.05) is 157 Å². The van der Waals surface area contributed by atoms with E-state index >= 15 is 0 Å². The van der Waals surface area contributed by atoms with Crippen LogP contribution < -0.4 is 14.8 Å². The second-order valence-corrected chi connectivity index (χ2v) is 20.0. The van der Waals surface area contributed by atoms with Crippen LogP contribution >= 0.6 is 0 Å². The van der Waals surface area contributed by atoms with Gasteiger partial charge in [0.25, 0.3) is 0 Å². The fourth-order valence-corrected chi connectivity index (χ4v) is 10.0. The molecule has 1 amide bonds. The third kappa shape index (κ3) is 16.2. The lowest BCUT2D eigenvalue weighted by Crippen LogP contribution is -2.70. The Morgan fingerprint density at radius 3 is 1.47 bits per heavy atom. The van der Waals surface area contributed by atoms with Gasteiger partial charge in [-0.3, -0.25) is 4.79 Å². The fourth-order valence-electron chi connectivity index (χ4n) is 10.0. The fraction of sp³-hybridized carbons (Fsp3) is 0.403. The van der Waals surface area contributed by atoms with Gasteiger partial charge in [-0.05, 0) is 64.5 Å². The molecule has 0 radical (unpaired) electrons. The number of carbonyl (C=O) groups excluding carboxylic acids is 1. The van der Waals surface area contributed by atoms with Gasteiger partial charge in [-0.15, -0.1) is 0 Å². The molecule has 9 rings (SSSR count). The Bertz CT molecular complexity index is 2850. The summed E-state index contributed by atoms with van der Waals surface area (Å²) in [6, 6.07) is 52.4. The van der Waals surface area contributed by atoms with Crippen molar-refractivity contribution in [2.75, 3.05) is 20.3 Å². The topological polar surface area (TPSA) is 229 Å². The van der Waals surface area contributed by atoms with Crippen LogP contribution in [0.15, 0.2) is 181 Å². The maximum atomic E-state index is 13.7. The largest absolute Gasteiger partial charge is 0.497 e. The Morgan fingerprint density at radius 1 is 0.531 bits per heavy atom. The molecule has 3 N–H and O–H groups in total. The molecular weight excluding hydrogens is 1040 g/mol. The van der Waals surface area contributed by atoms with Gasteiger partial charge in [0.05, 0.1) is 77.7 Å². The molecule has 3 aliphatic rings. The smallest absolute Gasteiger partial charge is 0.223 e. The highest BCUT2D eigenvalue weighted by Crippen LogP contribution is 2.38. The monoisotopic (exact) mass is 1110 g/mol. The van der Waals surface area contributed by atoms with Crippen LogP contribution in [0.3, 0.4) is 0 Å². The van der Waals surface area contributed by atoms with Gasteiger partial charge < -0.3 is 72.4 Å². The third-order valence-corrected chi connectivity index (χ3v) is 14.1. The summed E-state index contributed by atoms with van der Waals surface area (Å²) in [5.74, 6) is 0.449. The summed E-state index contributed by atoms with van der Waals surface area (Å²) >= 11 is 0. The number of hydrogen-bond donors (Lipinski definition) is 3. The first-order chi connectivity index (χ1) is 39.6. The second-order valence-electron chi connectivity index (χ2n) is 20.0. The number of rotatable bonds is 26. The number of nitrogens with zero attached hydrogens (tertiary/aromatic N) is 3. The van der Waals surface area contributed by atoms with E-state index in [-0.39, 0.29) is 46.2 Å². The zero-order valence-electron chi connectivity index (χ0n) is 45.4. The SMILES string of the molecule is COc1ccc(O[C@@H]2O[C@H](COCc3ccccc3)[C@@H](O[C@@H]3O[C@H](COCc4ccccc4)[C@H](N=[N+]=[N-])[C@H](O)[C@H]3O)[C@H](O[C@@H]3O[C@@H](C)[C@@H](OCc4ccccc4)[C@@H](OCc4ccccc4)[C@@H]3OCc3ccccc3)[C@H]2NC(C)=O)cc1. The van der Waals surface area contributed by atoms with E-state index < -0.39 is 97.9 Å². The molecule has 0 aromatic heterocycles. The molecule has 0 unspecified atom stereocenters. The number of amides is 1. The van der Waals surface area contributed by atoms with Crippen molar-refractivity contribution >= 4 is 5.91 Å². The lowest BCUT2D eigenvalue weighted by molar-refractivity contribution is -0.371. The van der Waals surface area contributed by atoms with E-state index in [9.17, 15) is 20.5 Å². The van der Waals surface area contributed by atoms with Crippen molar-refractivity contribution < 1.29 is 71.8 Å². The van der Waals surface area contributed by atoms with Crippen LogP contribution in [0.5, 0.6) is 11.5 Å². The Hall–Kier alpha value is -6.78. The first kappa shape index (κ1) is 58.9. The predicted molar refractivity (Wildman–Crippen MR) is 295 cm³/mol. The number of ether oxygens (including phenoxy) is 12. The molecule has 3 aliphatic heterocycles. The van der Waals surface area contributed by atoms with E-state index in [1.165, 1.54) is 6.92 Å². The Kier molecular flexibility index (Phi) is 21.6. The molecule has 15 atom stereocenters. The van der Waals surface area contributed by atoms with Crippen molar-refractivity contribution in [1.29, 1.82) is 0 Å². The second kappa shape index (κ2) is 29.8. The number of aliphatic hydroxyl groups excluding tert-OH is 2. The van der Waals surface area contributed by atoms with Crippen LogP contribution in [-0.4, -0.2) is 128 Å². The summed E-state index contributed by atoms with van der Waals surface area (Å²) < 4.78 is 80.0. The number of hydrogen-bond acceptors (Lipinski definition) is 16. The minimum Gasteiger partial charge on any atom is -0.497 e. The van der Waals surface area contributed by atoms with Crippen molar-refractivity contribution in [2.45, 2.75) is 139 Å². The van der Waals surface area contributed by atoms with E-state index in [1.807, 2.05) is 159 Å². The average Bonchev–Trinajstić information content (AvgIpc) is 3.69. The Morgan fingerprint density at radius 2 is 0.975 bits per heavy atom. The molecule has 3 heterocycles. The molecule has 81 heavy (non-hydrogen) atoms. The zero-order chi connectivity index (χ0) is 56.3. The van der Waals surface area contributed by atoms with Crippen molar-refractivity contribution in [3.8, 4) is 11.5 Å². The van der Waals surface area contributed by atoms with Crippen LogP contribution in [-0.2, 0) is 85.2 Å². The van der Waals surface area contributed by atoms with Crippen molar-refractivity contribution in [3.63, 3.8) is 0 Å². The average molecular weight is 1110 g/mol. The first-order valence-electron chi connectivity index (χ1n) is 27.1. The lowest BCUT2D eigenvalue weighted by Gasteiger charge is -2.51. The third-order valence-electron chi connectivity index (χ3n) is 14.1. The number of azide groups is 1. The zero-order valence-corrected chi connectivity index (χ0v) is 45.4. The van der Waals surface area contributed by atoms with Gasteiger partial charge in [0, 0.05) is 11.8 Å². The van der Waals surface area contributed by atoms with Crippen LogP contribution in [0.4, 0.5) is 0 Å². The van der Waals surface area contributed by atoms with Gasteiger partial charge in [-0.25, -0.2) is 0 Å². The Balaban J connectivity index is 1.12. The van der Waals surface area contributed by atoms with Crippen molar-refractivity contribution in [1.82, 2.24) is 5.32 Å². The number of carbonyl (C=O) groups is 1. The van der Waals surface area contributed by atoms with Gasteiger partial charge >= 0.3 is 0 Å². The summed E-state index contributed by atoms with van der Waals surface area (Å²) in [5.41, 5.74) is 14.1. The van der Waals surface area contributed by atoms with Crippen molar-refractivity contribution in [3.05, 3.63) is 214 Å². The molecule has 428 valence electrons. The standard InChI is InChI=1S/C62H70N4O15/c1-40-55(73-35-44-23-13-6-14-24-44)58(74-36-45-25-15-7-16-26-45)59(75-37-46-27-17-8-18-28-46)62(76-40)81-57-52(64-41(2)67)60(77-48-31-29-47(70-3)30-32-48)79-50(39-72-34-43-21-11-5-12-22-43)56(57)80-61-54(69)53(68)51(65-66-63)49(78-61)38-71-33-42-19-9-4-10-20-42/h4-32,40,49-62,68-69H,33-39H2,1-3H3,(H,64,67)/t40-,49+,50+,51-,52+,53-,54+,55+,56+,57+,58+,59-,60+,61-,62-/m0/s1. The van der Waals surface area contributed by atoms with Crippen LogP contribution in [0.1, 0.15) is 41.7 Å². The molecule has 3 saturated heterocycles. The van der Waals surface area contributed by atoms with Gasteiger partial charge in [0.1, 0.15) is 60.3 Å². The summed E-state index contributed by atoms with van der Waals surface area (Å²) in [5, 5.41) is 30.6. The minimum absolute atomic E-state index is 0.0990. The molecule has 19 nitrogen and oxygen atoms in total. The number of methoxy groups -OCH3 is 1. The molecule has 6 aromatic carbocycles. The van der Waals surface area contributed by atoms with Gasteiger partial charge in [-0.2, -0.15) is 0 Å². The maximum Gasteiger partial charge on any atom is 0.223 e. The summed E-state index contributed by atoms with van der Waals surface area (Å²) in [6.45, 7) is 3.68. The maximum absolute atomic E-state index is 13.7. The van der Waals surface area contributed by atoms with E-state index in [0.717, 1.165) is 27.8 Å². The van der Waals surface area contributed by atoms with E-state index in [4.69, 9.17) is 56.8 Å². The molecule has 0 aliphatic carbocycles. The van der Waals surface area contributed by atoms with E-state index in [2.05, 4.69) is 15.3 Å². The summed E-state index contributed by atoms with van der Waals surface area (Å²) in [7, 11) is 1.55. The molecule has 0 spiro atoms. The Labute approximate surface area is 471 Å². The predicted octanol–water partition coefficient (Wildman–Crippen LogP) is 8.13.